The van der Waals surface area contributed by atoms with Crippen molar-refractivity contribution in [1.82, 2.24) is 15.2 Å². The van der Waals surface area contributed by atoms with E-state index >= 15 is 0 Å². The van der Waals surface area contributed by atoms with E-state index in [4.69, 9.17) is 20.8 Å². The summed E-state index contributed by atoms with van der Waals surface area (Å²) in [5.41, 5.74) is 1.13. The van der Waals surface area contributed by atoms with Crippen molar-refractivity contribution >= 4 is 28.5 Å². The third-order valence-electron chi connectivity index (χ3n) is 2.79. The maximum atomic E-state index is 12.0. The first-order valence-electron chi connectivity index (χ1n) is 6.14. The average molecular weight is 304 g/mol. The van der Waals surface area contributed by atoms with E-state index in [1.807, 2.05) is 0 Å². The van der Waals surface area contributed by atoms with Gasteiger partial charge in [0.25, 0.3) is 5.89 Å². The molecule has 1 aromatic carbocycles. The quantitative estimate of drug-likeness (QED) is 0.547. The monoisotopic (exact) mass is 303 g/mol. The highest BCUT2D eigenvalue weighted by molar-refractivity contribution is 6.29. The molecule has 0 aliphatic rings. The van der Waals surface area contributed by atoms with Gasteiger partial charge in [0.15, 0.2) is 6.61 Å². The minimum Gasteiger partial charge on any atom is -0.452 e. The molecule has 0 saturated carbocycles. The van der Waals surface area contributed by atoms with Crippen LogP contribution in [0.15, 0.2) is 34.7 Å². The van der Waals surface area contributed by atoms with Gasteiger partial charge < -0.3 is 9.15 Å². The second-order valence-corrected chi connectivity index (χ2v) is 4.72. The first kappa shape index (κ1) is 13.5. The highest BCUT2D eigenvalue weighted by atomic mass is 35.5. The molecule has 3 rings (SSSR count). The molecule has 0 fully saturated rings. The highest BCUT2D eigenvalue weighted by Gasteiger charge is 2.11. The van der Waals surface area contributed by atoms with Gasteiger partial charge in [0.05, 0.1) is 11.1 Å². The van der Waals surface area contributed by atoms with Crippen LogP contribution in [0, 0.1) is 6.92 Å². The van der Waals surface area contributed by atoms with Gasteiger partial charge in [0, 0.05) is 12.3 Å². The Morgan fingerprint density at radius 3 is 2.90 bits per heavy atom. The van der Waals surface area contributed by atoms with E-state index in [1.165, 1.54) is 0 Å². The van der Waals surface area contributed by atoms with E-state index in [1.54, 1.807) is 37.3 Å². The predicted molar refractivity (Wildman–Crippen MR) is 74.9 cm³/mol. The van der Waals surface area contributed by atoms with Crippen LogP contribution in [0.5, 0.6) is 0 Å². The van der Waals surface area contributed by atoms with Crippen molar-refractivity contribution in [3.8, 4) is 0 Å². The Morgan fingerprint density at radius 2 is 2.14 bits per heavy atom. The fraction of sp³-hybridized carbons (Fsp3) is 0.143. The van der Waals surface area contributed by atoms with Crippen LogP contribution in [0.3, 0.4) is 0 Å². The van der Waals surface area contributed by atoms with E-state index in [0.717, 1.165) is 5.39 Å². The summed E-state index contributed by atoms with van der Waals surface area (Å²) in [4.78, 5) is 16.1. The molecular weight excluding hydrogens is 294 g/mol. The number of benzene rings is 1. The number of aromatic nitrogens is 3. The molecule has 2 heterocycles. The number of ether oxygens (including phenoxy) is 1. The number of halogens is 1. The Labute approximate surface area is 124 Å². The number of esters is 1. The molecule has 106 valence electrons. The third kappa shape index (κ3) is 3.00. The van der Waals surface area contributed by atoms with Gasteiger partial charge in [-0.1, -0.05) is 11.6 Å². The lowest BCUT2D eigenvalue weighted by Gasteiger charge is -2.04. The van der Waals surface area contributed by atoms with Crippen LogP contribution in [-0.4, -0.2) is 21.2 Å². The Kier molecular flexibility index (Phi) is 3.53. The number of carbonyl (C=O) groups excluding carboxylic acids is 1. The normalized spacial score (nSPS) is 10.8. The predicted octanol–water partition coefficient (Wildman–Crippen LogP) is 2.94. The van der Waals surface area contributed by atoms with Gasteiger partial charge in [-0.25, -0.2) is 9.78 Å². The Hall–Kier alpha value is -2.47. The van der Waals surface area contributed by atoms with Crippen LogP contribution in [0.1, 0.15) is 22.1 Å². The lowest BCUT2D eigenvalue weighted by molar-refractivity contribution is 0.0437. The van der Waals surface area contributed by atoms with Crippen LogP contribution in [0.4, 0.5) is 0 Å². The van der Waals surface area contributed by atoms with Crippen LogP contribution in [0.2, 0.25) is 5.15 Å². The van der Waals surface area contributed by atoms with E-state index in [-0.39, 0.29) is 12.5 Å². The van der Waals surface area contributed by atoms with Crippen molar-refractivity contribution in [3.63, 3.8) is 0 Å². The van der Waals surface area contributed by atoms with Gasteiger partial charge in [-0.15, -0.1) is 10.2 Å². The minimum absolute atomic E-state index is 0.0590. The zero-order chi connectivity index (χ0) is 14.8. The smallest absolute Gasteiger partial charge is 0.338 e. The van der Waals surface area contributed by atoms with Crippen LogP contribution in [-0.2, 0) is 11.3 Å². The minimum atomic E-state index is -0.470. The molecule has 0 atom stereocenters. The maximum Gasteiger partial charge on any atom is 0.338 e. The molecular formula is C14H10ClN3O3. The Balaban J connectivity index is 1.76. The molecule has 0 amide bonds. The number of aryl methyl sites for hydroxylation is 1. The van der Waals surface area contributed by atoms with Crippen molar-refractivity contribution in [2.75, 3.05) is 0 Å². The van der Waals surface area contributed by atoms with Gasteiger partial charge in [0.2, 0.25) is 5.89 Å². The summed E-state index contributed by atoms with van der Waals surface area (Å²) in [5.74, 6) is 0.215. The molecule has 0 aliphatic heterocycles. The molecule has 21 heavy (non-hydrogen) atoms. The van der Waals surface area contributed by atoms with E-state index in [2.05, 4.69) is 15.2 Å². The second-order valence-electron chi connectivity index (χ2n) is 4.33. The molecule has 0 radical (unpaired) electrons. The number of hydrogen-bond acceptors (Lipinski definition) is 6. The molecule has 6 nitrogen and oxygen atoms in total. The SMILES string of the molecule is Cc1nnc(COC(=O)c2ccc3nc(Cl)ccc3c2)o1. The van der Waals surface area contributed by atoms with E-state index < -0.39 is 5.97 Å². The number of pyridine rings is 1. The fourth-order valence-corrected chi connectivity index (χ4v) is 1.99. The summed E-state index contributed by atoms with van der Waals surface area (Å²) >= 11 is 5.81. The molecule has 0 bridgehead atoms. The third-order valence-corrected chi connectivity index (χ3v) is 3.00. The first-order chi connectivity index (χ1) is 10.1. The molecule has 0 N–H and O–H groups in total. The van der Waals surface area contributed by atoms with Gasteiger partial charge in [0.1, 0.15) is 5.15 Å². The molecule has 0 spiro atoms. The summed E-state index contributed by atoms with van der Waals surface area (Å²) in [6.07, 6.45) is 0. The van der Waals surface area contributed by atoms with Crippen LogP contribution < -0.4 is 0 Å². The van der Waals surface area contributed by atoms with Crippen molar-refractivity contribution in [2.45, 2.75) is 13.5 Å². The number of fused-ring (bicyclic) bond motifs is 1. The highest BCUT2D eigenvalue weighted by Crippen LogP contribution is 2.18. The van der Waals surface area contributed by atoms with Gasteiger partial charge in [-0.3, -0.25) is 0 Å². The van der Waals surface area contributed by atoms with Gasteiger partial charge in [-0.2, -0.15) is 0 Å². The summed E-state index contributed by atoms with van der Waals surface area (Å²) in [6.45, 7) is 1.61. The zero-order valence-corrected chi connectivity index (χ0v) is 11.8. The van der Waals surface area contributed by atoms with Crippen LogP contribution >= 0.6 is 11.6 Å². The topological polar surface area (TPSA) is 78.1 Å². The number of carbonyl (C=O) groups is 1. The molecule has 0 saturated heterocycles. The summed E-state index contributed by atoms with van der Waals surface area (Å²) in [5, 5.41) is 8.63. The Bertz CT molecular complexity index is 816. The molecule has 7 heteroatoms. The zero-order valence-electron chi connectivity index (χ0n) is 11.0. The number of rotatable bonds is 3. The standard InChI is InChI=1S/C14H10ClN3O3/c1-8-17-18-13(21-8)7-20-14(19)10-2-4-11-9(6-10)3-5-12(15)16-11/h2-6H,7H2,1H3. The molecule has 3 aromatic rings. The van der Waals surface area contributed by atoms with Crippen molar-refractivity contribution in [1.29, 1.82) is 0 Å². The molecule has 2 aromatic heterocycles. The second kappa shape index (κ2) is 5.49. The van der Waals surface area contributed by atoms with Crippen molar-refractivity contribution in [3.05, 3.63) is 52.8 Å². The van der Waals surface area contributed by atoms with Crippen LogP contribution in [0.25, 0.3) is 10.9 Å². The van der Waals surface area contributed by atoms with Gasteiger partial charge >= 0.3 is 5.97 Å². The van der Waals surface area contributed by atoms with E-state index in [9.17, 15) is 4.79 Å². The lowest BCUT2D eigenvalue weighted by atomic mass is 10.1. The average Bonchev–Trinajstić information content (AvgIpc) is 2.90. The Morgan fingerprint density at radius 1 is 1.29 bits per heavy atom. The maximum absolute atomic E-state index is 12.0. The number of nitrogens with zero attached hydrogens (tertiary/aromatic N) is 3. The lowest BCUT2D eigenvalue weighted by Crippen LogP contribution is -2.05. The number of hydrogen-bond donors (Lipinski definition) is 0. The summed E-state index contributed by atoms with van der Waals surface area (Å²) < 4.78 is 10.2. The molecule has 0 unspecified atom stereocenters. The van der Waals surface area contributed by atoms with Gasteiger partial charge in [-0.05, 0) is 30.3 Å². The van der Waals surface area contributed by atoms with Crippen molar-refractivity contribution in [2.24, 2.45) is 0 Å². The molecule has 0 aliphatic carbocycles. The largest absolute Gasteiger partial charge is 0.452 e. The summed E-state index contributed by atoms with van der Waals surface area (Å²) in [7, 11) is 0. The van der Waals surface area contributed by atoms with E-state index in [0.29, 0.717) is 22.1 Å². The first-order valence-corrected chi connectivity index (χ1v) is 6.52. The van der Waals surface area contributed by atoms with Crippen molar-refractivity contribution < 1.29 is 13.9 Å². The summed E-state index contributed by atoms with van der Waals surface area (Å²) in [6, 6.07) is 8.50. The fourth-order valence-electron chi connectivity index (χ4n) is 1.83.